The highest BCUT2D eigenvalue weighted by Gasteiger charge is 2.46. The van der Waals surface area contributed by atoms with Crippen LogP contribution in [0, 0.1) is 29.6 Å². The summed E-state index contributed by atoms with van der Waals surface area (Å²) >= 11 is 0. The lowest BCUT2D eigenvalue weighted by molar-refractivity contribution is -0.137. The van der Waals surface area contributed by atoms with Crippen LogP contribution in [-0.2, 0) is 4.79 Å². The van der Waals surface area contributed by atoms with Crippen LogP contribution < -0.4 is 0 Å². The zero-order valence-electron chi connectivity index (χ0n) is 17.2. The minimum absolute atomic E-state index is 0.0520. The lowest BCUT2D eigenvalue weighted by Crippen LogP contribution is -2.44. The van der Waals surface area contributed by atoms with E-state index in [0.717, 1.165) is 38.5 Å². The number of unbranched alkanes of at least 4 members (excludes halogenated alkanes) is 1. The lowest BCUT2D eigenvalue weighted by Gasteiger charge is -2.48. The van der Waals surface area contributed by atoms with Gasteiger partial charge in [-0.1, -0.05) is 34.6 Å². The van der Waals surface area contributed by atoms with Crippen LogP contribution in [0.1, 0.15) is 78.1 Å². The molecule has 3 aliphatic rings. The third-order valence-electron chi connectivity index (χ3n) is 6.97. The fourth-order valence-corrected chi connectivity index (χ4v) is 5.06. The Kier molecular flexibility index (Phi) is 6.68. The zero-order chi connectivity index (χ0) is 20.3. The van der Waals surface area contributed by atoms with Gasteiger partial charge in [-0.2, -0.15) is 0 Å². The van der Waals surface area contributed by atoms with Gasteiger partial charge in [0.05, 0.1) is 12.0 Å². The standard InChI is InChI=1S/C24H34O4/c1-16(2)17-9-12-24(28,13-10-17)14-11-20-21-15-18(5-3-4-6-23(26)27)19(21)7-8-22(20)25/h5,19-22,25,28H,3-4,6-10,12-13,15H2,1-2H3,(H,26,27)/b18-5-/t19-,20?,21+,22-/m1/s1. The van der Waals surface area contributed by atoms with E-state index in [4.69, 9.17) is 5.11 Å². The molecular formula is C24H34O4. The van der Waals surface area contributed by atoms with Crippen LogP contribution in [0.4, 0.5) is 0 Å². The van der Waals surface area contributed by atoms with Crippen molar-refractivity contribution < 1.29 is 20.1 Å². The average molecular weight is 387 g/mol. The molecule has 3 aliphatic carbocycles. The van der Waals surface area contributed by atoms with Crippen molar-refractivity contribution >= 4 is 5.97 Å². The molecule has 1 unspecified atom stereocenters. The summed E-state index contributed by atoms with van der Waals surface area (Å²) in [4.78, 5) is 10.6. The topological polar surface area (TPSA) is 77.8 Å². The van der Waals surface area contributed by atoms with Crippen LogP contribution in [0.15, 0.2) is 22.8 Å². The van der Waals surface area contributed by atoms with Crippen molar-refractivity contribution in [3.63, 3.8) is 0 Å². The molecule has 4 nitrogen and oxygen atoms in total. The molecule has 0 aliphatic heterocycles. The monoisotopic (exact) mass is 386 g/mol. The Morgan fingerprint density at radius 3 is 2.61 bits per heavy atom. The molecule has 0 bridgehead atoms. The van der Waals surface area contributed by atoms with Gasteiger partial charge < -0.3 is 15.3 Å². The molecule has 0 aromatic heterocycles. The first-order valence-corrected chi connectivity index (χ1v) is 10.8. The molecule has 0 radical (unpaired) electrons. The molecule has 4 heteroatoms. The Balaban J connectivity index is 1.59. The smallest absolute Gasteiger partial charge is 0.303 e. The van der Waals surface area contributed by atoms with Crippen molar-refractivity contribution in [2.24, 2.45) is 17.8 Å². The Hall–Kier alpha value is -1.57. The number of aliphatic carboxylic acids is 1. The largest absolute Gasteiger partial charge is 0.481 e. The first kappa shape index (κ1) is 21.1. The van der Waals surface area contributed by atoms with Gasteiger partial charge in [0.25, 0.3) is 0 Å². The second-order valence-corrected chi connectivity index (χ2v) is 9.11. The third kappa shape index (κ3) is 4.88. The van der Waals surface area contributed by atoms with Crippen molar-refractivity contribution in [3.8, 4) is 11.8 Å². The van der Waals surface area contributed by atoms with Gasteiger partial charge in [0, 0.05) is 6.42 Å². The van der Waals surface area contributed by atoms with Crippen molar-refractivity contribution in [1.82, 2.24) is 0 Å². The predicted molar refractivity (Wildman–Crippen MR) is 109 cm³/mol. The van der Waals surface area contributed by atoms with Crippen LogP contribution in [-0.4, -0.2) is 33.0 Å². The number of fused-ring (bicyclic) bond motifs is 1. The Morgan fingerprint density at radius 2 is 1.96 bits per heavy atom. The van der Waals surface area contributed by atoms with E-state index in [1.165, 1.54) is 16.7 Å². The summed E-state index contributed by atoms with van der Waals surface area (Å²) in [5, 5.41) is 30.1. The van der Waals surface area contributed by atoms with E-state index in [1.807, 2.05) is 0 Å². The van der Waals surface area contributed by atoms with Crippen LogP contribution in [0.3, 0.4) is 0 Å². The summed E-state index contributed by atoms with van der Waals surface area (Å²) in [5.41, 5.74) is 3.31. The second kappa shape index (κ2) is 8.84. The van der Waals surface area contributed by atoms with Gasteiger partial charge in [-0.05, 0) is 83.5 Å². The van der Waals surface area contributed by atoms with Crippen LogP contribution in [0.2, 0.25) is 0 Å². The number of allylic oxidation sites excluding steroid dienone is 4. The average Bonchev–Trinajstić information content (AvgIpc) is 2.62. The van der Waals surface area contributed by atoms with Gasteiger partial charge in [-0.3, -0.25) is 4.79 Å². The lowest BCUT2D eigenvalue weighted by atomic mass is 9.57. The normalized spacial score (nSPS) is 36.1. The highest BCUT2D eigenvalue weighted by Crippen LogP contribution is 2.52. The molecule has 3 saturated carbocycles. The summed E-state index contributed by atoms with van der Waals surface area (Å²) in [6.45, 7) is 4.26. The van der Waals surface area contributed by atoms with Crippen molar-refractivity contribution in [2.75, 3.05) is 0 Å². The number of carbonyl (C=O) groups is 1. The minimum Gasteiger partial charge on any atom is -0.481 e. The summed E-state index contributed by atoms with van der Waals surface area (Å²) in [7, 11) is 0. The quantitative estimate of drug-likeness (QED) is 0.384. The summed E-state index contributed by atoms with van der Waals surface area (Å²) < 4.78 is 0. The molecule has 4 atom stereocenters. The molecule has 0 aromatic carbocycles. The molecule has 0 spiro atoms. The zero-order valence-corrected chi connectivity index (χ0v) is 17.2. The highest BCUT2D eigenvalue weighted by molar-refractivity contribution is 5.66. The van der Waals surface area contributed by atoms with E-state index in [9.17, 15) is 15.0 Å². The number of aliphatic hydroxyl groups excluding tert-OH is 1. The van der Waals surface area contributed by atoms with E-state index in [0.29, 0.717) is 31.1 Å². The fourth-order valence-electron chi connectivity index (χ4n) is 5.06. The number of hydrogen-bond donors (Lipinski definition) is 3. The van der Waals surface area contributed by atoms with E-state index in [2.05, 4.69) is 31.8 Å². The first-order valence-electron chi connectivity index (χ1n) is 10.8. The highest BCUT2D eigenvalue weighted by atomic mass is 16.4. The number of hydrogen-bond acceptors (Lipinski definition) is 3. The molecule has 28 heavy (non-hydrogen) atoms. The number of rotatable bonds is 4. The van der Waals surface area contributed by atoms with Gasteiger partial charge in [-0.25, -0.2) is 0 Å². The Morgan fingerprint density at radius 1 is 1.25 bits per heavy atom. The summed E-state index contributed by atoms with van der Waals surface area (Å²) in [6.07, 6.45) is 9.43. The number of carboxylic acid groups (broad SMARTS) is 1. The molecular weight excluding hydrogens is 352 g/mol. The van der Waals surface area contributed by atoms with E-state index in [-0.39, 0.29) is 12.3 Å². The molecule has 0 saturated heterocycles. The van der Waals surface area contributed by atoms with Crippen LogP contribution in [0.5, 0.6) is 0 Å². The molecule has 0 aromatic rings. The third-order valence-corrected chi connectivity index (χ3v) is 6.97. The van der Waals surface area contributed by atoms with Gasteiger partial charge in [-0.15, -0.1) is 0 Å². The Labute approximate surface area is 168 Å². The van der Waals surface area contributed by atoms with Gasteiger partial charge in [0.1, 0.15) is 5.60 Å². The van der Waals surface area contributed by atoms with Crippen molar-refractivity contribution in [3.05, 3.63) is 22.8 Å². The molecule has 3 N–H and O–H groups in total. The summed E-state index contributed by atoms with van der Waals surface area (Å²) in [6, 6.07) is 0. The SMILES string of the molecule is CC(C)=C1CCC(O)(C#CC2[C@H](O)CC[C@@H]3/C(=C\CCCC(=O)O)C[C@H]23)CC1. The second-order valence-electron chi connectivity index (χ2n) is 9.11. The number of carboxylic acids is 1. The maximum atomic E-state index is 10.9. The van der Waals surface area contributed by atoms with Crippen molar-refractivity contribution in [2.45, 2.75) is 89.8 Å². The molecule has 154 valence electrons. The maximum Gasteiger partial charge on any atom is 0.303 e. The Bertz CT molecular complexity index is 707. The van der Waals surface area contributed by atoms with E-state index in [1.54, 1.807) is 0 Å². The molecule has 3 fully saturated rings. The number of aliphatic hydroxyl groups is 2. The van der Waals surface area contributed by atoms with Gasteiger partial charge in [0.2, 0.25) is 0 Å². The first-order chi connectivity index (χ1) is 13.3. The van der Waals surface area contributed by atoms with Crippen LogP contribution in [0.25, 0.3) is 0 Å². The predicted octanol–water partition coefficient (Wildman–Crippen LogP) is 4.22. The van der Waals surface area contributed by atoms with Crippen LogP contribution >= 0.6 is 0 Å². The van der Waals surface area contributed by atoms with E-state index < -0.39 is 17.7 Å². The van der Waals surface area contributed by atoms with Crippen molar-refractivity contribution in [1.29, 1.82) is 0 Å². The maximum absolute atomic E-state index is 10.9. The van der Waals surface area contributed by atoms with Gasteiger partial charge >= 0.3 is 5.97 Å². The molecule has 0 amide bonds. The van der Waals surface area contributed by atoms with E-state index >= 15 is 0 Å². The van der Waals surface area contributed by atoms with Gasteiger partial charge in [0.15, 0.2) is 0 Å². The summed E-state index contributed by atoms with van der Waals surface area (Å²) in [5.74, 6) is 6.51. The molecule has 3 rings (SSSR count). The minimum atomic E-state index is -0.912. The fraction of sp³-hybridized carbons (Fsp3) is 0.708. The molecule has 0 heterocycles.